The highest BCUT2D eigenvalue weighted by molar-refractivity contribution is 7.20. The molecule has 14 nitrogen and oxygen atoms in total. The van der Waals surface area contributed by atoms with Crippen LogP contribution < -0.4 is 10.7 Å². The molecule has 3 N–H and O–H groups in total. The number of carbonyl (C=O) groups is 4. The molecule has 0 spiro atoms. The Kier molecular flexibility index (Phi) is 9.76. The number of guanidine groups is 1. The summed E-state index contributed by atoms with van der Waals surface area (Å²) in [6, 6.07) is 2.14. The maximum absolute atomic E-state index is 13.5. The summed E-state index contributed by atoms with van der Waals surface area (Å²) < 4.78 is 11.0. The lowest BCUT2D eigenvalue weighted by Gasteiger charge is -2.30. The lowest BCUT2D eigenvalue weighted by Crippen LogP contribution is -2.45. The number of nitrogens with zero attached hydrogens (tertiary/aromatic N) is 5. The van der Waals surface area contributed by atoms with Crippen molar-refractivity contribution in [3.63, 3.8) is 0 Å². The van der Waals surface area contributed by atoms with Crippen molar-refractivity contribution in [3.05, 3.63) is 61.5 Å². The number of benzene rings is 1. The minimum atomic E-state index is -1.24. The quantitative estimate of drug-likeness (QED) is 0.112. The molecule has 0 unspecified atom stereocenters. The highest BCUT2D eigenvalue weighted by Crippen LogP contribution is 2.35. The first-order chi connectivity index (χ1) is 21.6. The van der Waals surface area contributed by atoms with Crippen LogP contribution in [0, 0.1) is 6.57 Å². The number of H-pyrrole nitrogens is 1. The normalized spacial score (nSPS) is 17.0. The van der Waals surface area contributed by atoms with Gasteiger partial charge in [0.1, 0.15) is 12.1 Å². The fraction of sp³-hybridized carbons (Fsp3) is 0.393. The third kappa shape index (κ3) is 6.98. The molecule has 1 saturated heterocycles. The molecule has 1 fully saturated rings. The monoisotopic (exact) mass is 674 g/mol. The van der Waals surface area contributed by atoms with E-state index < -0.39 is 23.9 Å². The largest absolute Gasteiger partial charge is 0.467 e. The number of aliphatic imine (C=N–C) groups is 1. The summed E-state index contributed by atoms with van der Waals surface area (Å²) in [6.07, 6.45) is 2.24. The first-order valence-corrected chi connectivity index (χ1v) is 15.4. The Labute approximate surface area is 271 Å². The minimum Gasteiger partial charge on any atom is -0.467 e. The van der Waals surface area contributed by atoms with E-state index >= 15 is 0 Å². The van der Waals surface area contributed by atoms with Crippen LogP contribution in [0.1, 0.15) is 44.5 Å². The van der Waals surface area contributed by atoms with Crippen molar-refractivity contribution in [2.45, 2.75) is 38.5 Å². The minimum absolute atomic E-state index is 0.0157. The number of aromatic nitrogens is 2. The van der Waals surface area contributed by atoms with Crippen LogP contribution >= 0.6 is 34.5 Å². The Balaban J connectivity index is 1.30. The highest BCUT2D eigenvalue weighted by Gasteiger charge is 2.32. The first kappa shape index (κ1) is 32.0. The van der Waals surface area contributed by atoms with Crippen LogP contribution in [0.25, 0.3) is 15.2 Å². The van der Waals surface area contributed by atoms with Gasteiger partial charge < -0.3 is 24.6 Å². The van der Waals surface area contributed by atoms with Gasteiger partial charge in [-0.25, -0.2) is 9.79 Å². The van der Waals surface area contributed by atoms with Crippen molar-refractivity contribution in [2.24, 2.45) is 4.99 Å². The number of methoxy groups -OCH3 is 1. The van der Waals surface area contributed by atoms with Crippen LogP contribution in [-0.2, 0) is 32.0 Å². The number of aromatic amines is 1. The molecule has 2 aliphatic rings. The van der Waals surface area contributed by atoms with Crippen LogP contribution in [-0.4, -0.2) is 95.1 Å². The maximum Gasteiger partial charge on any atom is 0.330 e. The second kappa shape index (κ2) is 13.7. The van der Waals surface area contributed by atoms with E-state index in [0.29, 0.717) is 48.5 Å². The molecule has 0 saturated carbocycles. The zero-order valence-corrected chi connectivity index (χ0v) is 26.5. The van der Waals surface area contributed by atoms with E-state index in [-0.39, 0.29) is 46.7 Å². The summed E-state index contributed by atoms with van der Waals surface area (Å²) in [5, 5.41) is 9.61. The van der Waals surface area contributed by atoms with Gasteiger partial charge in [-0.2, -0.15) is 16.6 Å². The number of hydrogen-bond donors (Lipinski definition) is 3. The Morgan fingerprint density at radius 1 is 1.27 bits per heavy atom. The van der Waals surface area contributed by atoms with E-state index in [4.69, 9.17) is 39.2 Å². The van der Waals surface area contributed by atoms with Gasteiger partial charge in [0.25, 0.3) is 17.8 Å². The number of likely N-dealkylation sites (tertiary alicyclic amines) is 1. The second-order valence-electron chi connectivity index (χ2n) is 10.3. The van der Waals surface area contributed by atoms with Gasteiger partial charge in [0.15, 0.2) is 0 Å². The standard InChI is InChI=1S/C28H28Cl2N8O6S/c1-14(39)44-16-4-6-38(13-16)28(36-31-2)32-10-20(27(42)43-3)34-25(40)23-18(29)8-15-12-37(7-5-17(15)24(23)30)26(41)21-9-19-22(45-21)11-33-35-19/h8-9,11,16,20H,4-7,10,12-13H2,1,3H3,(H,32,36)(H,33,35)(H,34,40)/t16-,20-/m0/s1. The highest BCUT2D eigenvalue weighted by atomic mass is 35.5. The van der Waals surface area contributed by atoms with Gasteiger partial charge in [-0.3, -0.25) is 19.5 Å². The Morgan fingerprint density at radius 2 is 2.07 bits per heavy atom. The van der Waals surface area contributed by atoms with E-state index in [0.717, 1.165) is 10.2 Å². The van der Waals surface area contributed by atoms with Gasteiger partial charge >= 0.3 is 11.9 Å². The molecule has 2 atom stereocenters. The van der Waals surface area contributed by atoms with Crippen LogP contribution in [0.5, 0.6) is 0 Å². The van der Waals surface area contributed by atoms with E-state index in [1.54, 1.807) is 28.1 Å². The van der Waals surface area contributed by atoms with Crippen LogP contribution in [0.15, 0.2) is 23.3 Å². The zero-order valence-electron chi connectivity index (χ0n) is 24.2. The smallest absolute Gasteiger partial charge is 0.330 e. The average Bonchev–Trinajstić information content (AvgIpc) is 3.74. The molecule has 0 aliphatic carbocycles. The molecule has 2 amide bonds. The Bertz CT molecular complexity index is 1700. The van der Waals surface area contributed by atoms with Gasteiger partial charge in [-0.1, -0.05) is 28.6 Å². The molecule has 4 heterocycles. The molecule has 2 aromatic heterocycles. The Morgan fingerprint density at radius 3 is 2.78 bits per heavy atom. The Hall–Kier alpha value is -4.39. The molecule has 3 aromatic rings. The summed E-state index contributed by atoms with van der Waals surface area (Å²) >= 11 is 14.6. The fourth-order valence-electron chi connectivity index (χ4n) is 5.28. The van der Waals surface area contributed by atoms with Gasteiger partial charge in [0.2, 0.25) is 0 Å². The summed E-state index contributed by atoms with van der Waals surface area (Å²) in [5.74, 6) is -1.87. The van der Waals surface area contributed by atoms with Gasteiger partial charge in [-0.15, -0.1) is 11.3 Å². The fourth-order valence-corrected chi connectivity index (χ4v) is 6.99. The number of hydrogen-bond acceptors (Lipinski definition) is 9. The molecule has 1 aromatic carbocycles. The lowest BCUT2D eigenvalue weighted by atomic mass is 9.96. The summed E-state index contributed by atoms with van der Waals surface area (Å²) in [4.78, 5) is 62.1. The van der Waals surface area contributed by atoms with Gasteiger partial charge in [0.05, 0.1) is 57.1 Å². The number of ether oxygens (including phenoxy) is 2. The topological polar surface area (TPSA) is 163 Å². The number of esters is 2. The molecule has 0 radical (unpaired) electrons. The van der Waals surface area contributed by atoms with Gasteiger partial charge in [-0.05, 0) is 29.7 Å². The molecule has 45 heavy (non-hydrogen) atoms. The van der Waals surface area contributed by atoms with Crippen molar-refractivity contribution in [1.29, 1.82) is 0 Å². The van der Waals surface area contributed by atoms with E-state index in [9.17, 15) is 19.2 Å². The van der Waals surface area contributed by atoms with E-state index in [1.807, 2.05) is 0 Å². The first-order valence-electron chi connectivity index (χ1n) is 13.8. The lowest BCUT2D eigenvalue weighted by molar-refractivity contribution is -0.145. The zero-order chi connectivity index (χ0) is 32.2. The van der Waals surface area contributed by atoms with Crippen molar-refractivity contribution in [1.82, 2.24) is 30.7 Å². The van der Waals surface area contributed by atoms with Crippen molar-refractivity contribution in [3.8, 4) is 0 Å². The van der Waals surface area contributed by atoms with Crippen LogP contribution in [0.2, 0.25) is 10.0 Å². The predicted molar refractivity (Wildman–Crippen MR) is 166 cm³/mol. The number of fused-ring (bicyclic) bond motifs is 2. The summed E-state index contributed by atoms with van der Waals surface area (Å²) in [6.45, 7) is 9.67. The number of amides is 2. The SMILES string of the molecule is [C-]#[N+]NC(=NC[C@H](NC(=O)c1c(Cl)cc2c(c1Cl)CCN(C(=O)c1cc3[nH]ncc3s1)C2)C(=O)OC)N1CC[C@H](OC(C)=O)C1. The third-order valence-electron chi connectivity index (χ3n) is 7.41. The third-order valence-corrected chi connectivity index (χ3v) is 9.18. The van der Waals surface area contributed by atoms with E-state index in [2.05, 4.69) is 30.9 Å². The molecular formula is C28H28Cl2N8O6S. The number of thiophene rings is 1. The molecule has 236 valence electrons. The molecular weight excluding hydrogens is 647 g/mol. The number of halogens is 2. The summed E-state index contributed by atoms with van der Waals surface area (Å²) in [7, 11) is 1.17. The molecule has 2 aliphatic heterocycles. The molecule has 17 heteroatoms. The number of nitrogens with one attached hydrogen (secondary N) is 3. The van der Waals surface area contributed by atoms with Crippen molar-refractivity contribution in [2.75, 3.05) is 33.3 Å². The molecule has 5 rings (SSSR count). The molecule has 0 bridgehead atoms. The van der Waals surface area contributed by atoms with Crippen molar-refractivity contribution < 1.29 is 28.7 Å². The average molecular weight is 676 g/mol. The predicted octanol–water partition coefficient (Wildman–Crippen LogP) is 2.82. The summed E-state index contributed by atoms with van der Waals surface area (Å²) in [5.41, 5.74) is 4.64. The van der Waals surface area contributed by atoms with Crippen molar-refractivity contribution >= 4 is 74.5 Å². The second-order valence-corrected chi connectivity index (χ2v) is 12.2. The maximum atomic E-state index is 13.5. The number of rotatable bonds is 7. The number of carbonyl (C=O) groups excluding carboxylic acids is 4. The van der Waals surface area contributed by atoms with Gasteiger partial charge in [0, 0.05) is 33.0 Å². The van der Waals surface area contributed by atoms with E-state index in [1.165, 1.54) is 25.4 Å². The van der Waals surface area contributed by atoms with Crippen LogP contribution in [0.3, 0.4) is 0 Å². The van der Waals surface area contributed by atoms with Crippen LogP contribution in [0.4, 0.5) is 0 Å².